The van der Waals surface area contributed by atoms with Crippen molar-refractivity contribution >= 4 is 23.3 Å². The molecule has 1 heterocycles. The number of aromatic amines is 1. The molecule has 2 aromatic rings. The van der Waals surface area contributed by atoms with Gasteiger partial charge in [0.15, 0.2) is 4.77 Å². The maximum Gasteiger partial charge on any atom is 0.178 e. The third-order valence-electron chi connectivity index (χ3n) is 3.28. The van der Waals surface area contributed by atoms with E-state index in [2.05, 4.69) is 60.6 Å². The van der Waals surface area contributed by atoms with Crippen LogP contribution in [0.15, 0.2) is 24.3 Å². The van der Waals surface area contributed by atoms with Crippen molar-refractivity contribution in [2.24, 2.45) is 5.92 Å². The first-order valence-corrected chi connectivity index (χ1v) is 6.75. The Morgan fingerprint density at radius 3 is 2.56 bits per heavy atom. The van der Waals surface area contributed by atoms with Crippen molar-refractivity contribution < 1.29 is 0 Å². The number of rotatable bonds is 4. The number of imidazole rings is 1. The summed E-state index contributed by atoms with van der Waals surface area (Å²) in [6.07, 6.45) is 0. The highest BCUT2D eigenvalue weighted by atomic mass is 32.1. The van der Waals surface area contributed by atoms with Crippen LogP contribution >= 0.6 is 12.2 Å². The summed E-state index contributed by atoms with van der Waals surface area (Å²) in [6, 6.07) is 8.70. The Morgan fingerprint density at radius 1 is 1.28 bits per heavy atom. The van der Waals surface area contributed by atoms with Gasteiger partial charge in [0, 0.05) is 6.54 Å². The molecule has 98 valence electrons. The lowest BCUT2D eigenvalue weighted by atomic mass is 10.0. The van der Waals surface area contributed by atoms with Crippen molar-refractivity contribution in [2.75, 3.05) is 20.6 Å². The molecule has 0 saturated carbocycles. The zero-order chi connectivity index (χ0) is 13.3. The molecule has 1 unspecified atom stereocenters. The van der Waals surface area contributed by atoms with Crippen LogP contribution in [0.4, 0.5) is 0 Å². The molecular weight excluding hydrogens is 242 g/mol. The van der Waals surface area contributed by atoms with E-state index in [0.717, 1.165) is 16.8 Å². The van der Waals surface area contributed by atoms with E-state index in [0.29, 0.717) is 12.0 Å². The highest BCUT2D eigenvalue weighted by Gasteiger charge is 2.19. The number of hydrogen-bond acceptors (Lipinski definition) is 2. The first kappa shape index (κ1) is 13.3. The molecule has 1 aromatic carbocycles. The first-order valence-electron chi connectivity index (χ1n) is 6.34. The normalized spacial score (nSPS) is 13.7. The molecular formula is C14H21N3S. The quantitative estimate of drug-likeness (QED) is 0.854. The SMILES string of the molecule is CC(C)C(CN(C)C)n1c(=S)[nH]c2ccccc21. The molecule has 1 atom stereocenters. The van der Waals surface area contributed by atoms with Crippen LogP contribution in [0.1, 0.15) is 19.9 Å². The summed E-state index contributed by atoms with van der Waals surface area (Å²) in [6.45, 7) is 5.49. The molecule has 1 N–H and O–H groups in total. The van der Waals surface area contributed by atoms with Gasteiger partial charge >= 0.3 is 0 Å². The van der Waals surface area contributed by atoms with E-state index < -0.39 is 0 Å². The number of aromatic nitrogens is 2. The van der Waals surface area contributed by atoms with E-state index in [1.807, 2.05) is 6.07 Å². The molecule has 0 aliphatic heterocycles. The topological polar surface area (TPSA) is 24.0 Å². The number of nitrogens with one attached hydrogen (secondary N) is 1. The van der Waals surface area contributed by atoms with Gasteiger partial charge in [0.1, 0.15) is 0 Å². The molecule has 0 spiro atoms. The van der Waals surface area contributed by atoms with Crippen LogP contribution in [0.5, 0.6) is 0 Å². The molecule has 1 aromatic heterocycles. The van der Waals surface area contributed by atoms with Gasteiger partial charge in [-0.15, -0.1) is 0 Å². The van der Waals surface area contributed by atoms with Gasteiger partial charge in [-0.3, -0.25) is 0 Å². The Balaban J connectivity index is 2.56. The molecule has 4 heteroatoms. The minimum Gasteiger partial charge on any atom is -0.331 e. The molecule has 0 bridgehead atoms. The first-order chi connectivity index (χ1) is 8.50. The summed E-state index contributed by atoms with van der Waals surface area (Å²) in [5.74, 6) is 0.540. The van der Waals surface area contributed by atoms with Gasteiger partial charge in [-0.05, 0) is 44.4 Å². The number of H-pyrrole nitrogens is 1. The number of hydrogen-bond donors (Lipinski definition) is 1. The van der Waals surface area contributed by atoms with Crippen molar-refractivity contribution in [3.8, 4) is 0 Å². The Bertz CT molecular complexity index is 580. The van der Waals surface area contributed by atoms with Gasteiger partial charge < -0.3 is 14.5 Å². The lowest BCUT2D eigenvalue weighted by Gasteiger charge is -2.26. The second kappa shape index (κ2) is 5.24. The largest absolute Gasteiger partial charge is 0.331 e. The molecule has 0 aliphatic rings. The molecule has 0 aliphatic carbocycles. The van der Waals surface area contributed by atoms with Gasteiger partial charge in [0.2, 0.25) is 0 Å². The van der Waals surface area contributed by atoms with E-state index in [-0.39, 0.29) is 0 Å². The number of nitrogens with zero attached hydrogens (tertiary/aromatic N) is 2. The van der Waals surface area contributed by atoms with Gasteiger partial charge in [-0.1, -0.05) is 26.0 Å². The summed E-state index contributed by atoms with van der Waals surface area (Å²) in [4.78, 5) is 5.51. The summed E-state index contributed by atoms with van der Waals surface area (Å²) in [5, 5.41) is 0. The summed E-state index contributed by atoms with van der Waals surface area (Å²) in [7, 11) is 4.21. The zero-order valence-corrected chi connectivity index (χ0v) is 12.3. The molecule has 3 nitrogen and oxygen atoms in total. The van der Waals surface area contributed by atoms with Crippen LogP contribution in [-0.2, 0) is 0 Å². The highest BCUT2D eigenvalue weighted by Crippen LogP contribution is 2.24. The predicted octanol–water partition coefficient (Wildman–Crippen LogP) is 3.46. The van der Waals surface area contributed by atoms with E-state index >= 15 is 0 Å². The summed E-state index contributed by atoms with van der Waals surface area (Å²) >= 11 is 5.49. The van der Waals surface area contributed by atoms with Crippen molar-refractivity contribution in [1.82, 2.24) is 14.5 Å². The molecule has 0 saturated heterocycles. The summed E-state index contributed by atoms with van der Waals surface area (Å²) in [5.41, 5.74) is 2.31. The Hall–Kier alpha value is -1.13. The number of para-hydroxylation sites is 2. The van der Waals surface area contributed by atoms with E-state index in [1.54, 1.807) is 0 Å². The van der Waals surface area contributed by atoms with Crippen LogP contribution in [0, 0.1) is 10.7 Å². The zero-order valence-electron chi connectivity index (χ0n) is 11.5. The van der Waals surface area contributed by atoms with Crippen molar-refractivity contribution in [3.63, 3.8) is 0 Å². The lowest BCUT2D eigenvalue weighted by Crippen LogP contribution is -2.28. The van der Waals surface area contributed by atoms with Gasteiger partial charge in [0.05, 0.1) is 17.1 Å². The maximum absolute atomic E-state index is 5.49. The van der Waals surface area contributed by atoms with Crippen LogP contribution in [0.3, 0.4) is 0 Å². The number of fused-ring (bicyclic) bond motifs is 1. The van der Waals surface area contributed by atoms with Gasteiger partial charge in [-0.2, -0.15) is 0 Å². The van der Waals surface area contributed by atoms with Crippen molar-refractivity contribution in [1.29, 1.82) is 0 Å². The van der Waals surface area contributed by atoms with Crippen molar-refractivity contribution in [2.45, 2.75) is 19.9 Å². The Labute approximate surface area is 113 Å². The predicted molar refractivity (Wildman–Crippen MR) is 79.6 cm³/mol. The molecule has 0 radical (unpaired) electrons. The van der Waals surface area contributed by atoms with E-state index in [9.17, 15) is 0 Å². The second-order valence-electron chi connectivity index (χ2n) is 5.39. The third-order valence-corrected chi connectivity index (χ3v) is 3.58. The lowest BCUT2D eigenvalue weighted by molar-refractivity contribution is 0.272. The molecule has 18 heavy (non-hydrogen) atoms. The van der Waals surface area contributed by atoms with Crippen LogP contribution in [-0.4, -0.2) is 35.1 Å². The van der Waals surface area contributed by atoms with Gasteiger partial charge in [-0.25, -0.2) is 0 Å². The smallest absolute Gasteiger partial charge is 0.178 e. The minimum absolute atomic E-state index is 0.392. The van der Waals surface area contributed by atoms with E-state index in [4.69, 9.17) is 12.2 Å². The fraction of sp³-hybridized carbons (Fsp3) is 0.500. The maximum atomic E-state index is 5.49. The Kier molecular flexibility index (Phi) is 3.88. The molecule has 0 amide bonds. The van der Waals surface area contributed by atoms with Crippen LogP contribution in [0.25, 0.3) is 11.0 Å². The Morgan fingerprint density at radius 2 is 1.94 bits per heavy atom. The van der Waals surface area contributed by atoms with E-state index in [1.165, 1.54) is 5.52 Å². The number of likely N-dealkylation sites (N-methyl/N-ethyl adjacent to an activating group) is 1. The monoisotopic (exact) mass is 263 g/mol. The fourth-order valence-electron chi connectivity index (χ4n) is 2.37. The third kappa shape index (κ3) is 2.49. The van der Waals surface area contributed by atoms with Crippen LogP contribution < -0.4 is 0 Å². The van der Waals surface area contributed by atoms with Crippen molar-refractivity contribution in [3.05, 3.63) is 29.0 Å². The standard InChI is InChI=1S/C14H21N3S/c1-10(2)13(9-16(3)4)17-12-8-6-5-7-11(12)15-14(17)18/h5-8,10,13H,9H2,1-4H3,(H,15,18). The second-order valence-corrected chi connectivity index (χ2v) is 5.78. The van der Waals surface area contributed by atoms with Crippen LogP contribution in [0.2, 0.25) is 0 Å². The summed E-state index contributed by atoms with van der Waals surface area (Å²) < 4.78 is 3.08. The minimum atomic E-state index is 0.392. The molecule has 0 fully saturated rings. The average molecular weight is 263 g/mol. The van der Waals surface area contributed by atoms with Gasteiger partial charge in [0.25, 0.3) is 0 Å². The number of benzene rings is 1. The highest BCUT2D eigenvalue weighted by molar-refractivity contribution is 7.71. The average Bonchev–Trinajstić information content (AvgIpc) is 2.61. The fourth-order valence-corrected chi connectivity index (χ4v) is 2.71. The molecule has 2 rings (SSSR count).